The molecule has 6 heteroatoms. The van der Waals surface area contributed by atoms with Crippen LogP contribution in [-0.4, -0.2) is 16.9 Å². The average Bonchev–Trinajstić information content (AvgIpc) is 4.07. The van der Waals surface area contributed by atoms with E-state index in [4.69, 9.17) is 4.42 Å². The van der Waals surface area contributed by atoms with Crippen molar-refractivity contribution in [2.45, 2.75) is 5.66 Å². The summed E-state index contributed by atoms with van der Waals surface area (Å²) in [6.45, 7) is 0. The van der Waals surface area contributed by atoms with Crippen molar-refractivity contribution >= 4 is 105 Å². The summed E-state index contributed by atoms with van der Waals surface area (Å²) in [5.74, 6) is 0. The molecule has 0 saturated carbocycles. The van der Waals surface area contributed by atoms with Crippen molar-refractivity contribution in [3.8, 4) is 0 Å². The fourth-order valence-electron chi connectivity index (χ4n) is 11.8. The summed E-state index contributed by atoms with van der Waals surface area (Å²) in [7, 11) is -2.92. The predicted octanol–water partition coefficient (Wildman–Crippen LogP) is 6.89. The lowest BCUT2D eigenvalue weighted by Crippen LogP contribution is -2.84. The summed E-state index contributed by atoms with van der Waals surface area (Å²) in [5, 5.41) is 15.9. The Hall–Kier alpha value is -7.02. The number of hydrogen-bond donors (Lipinski definition) is 0. The van der Waals surface area contributed by atoms with Gasteiger partial charge in [-0.3, -0.25) is 0 Å². The van der Waals surface area contributed by atoms with Gasteiger partial charge in [-0.15, -0.1) is 0 Å². The summed E-state index contributed by atoms with van der Waals surface area (Å²) < 4.78 is 16.6. The fraction of sp³-hybridized carbons (Fsp3) is 0.0204. The van der Waals surface area contributed by atoms with E-state index in [9.17, 15) is 0 Å². The average molecular weight is 717 g/mol. The molecule has 5 nitrogen and oxygen atoms in total. The molecule has 0 amide bonds. The van der Waals surface area contributed by atoms with E-state index >= 15 is 0 Å². The number of hydrogen-bond acceptors (Lipinski definition) is 1. The molecule has 8 heterocycles. The molecule has 1 spiro atoms. The molecule has 0 N–H and O–H groups in total. The highest BCUT2D eigenvalue weighted by Crippen LogP contribution is 2.50. The number of benzene rings is 7. The lowest BCUT2D eigenvalue weighted by Gasteiger charge is -2.43. The number of imidazole rings is 2. The van der Waals surface area contributed by atoms with Crippen LogP contribution >= 0.6 is 0 Å². The molecule has 0 fully saturated rings. The largest absolute Gasteiger partial charge is 0.456 e. The number of aromatic nitrogens is 4. The van der Waals surface area contributed by atoms with Gasteiger partial charge in [0.05, 0.1) is 21.9 Å². The van der Waals surface area contributed by atoms with Crippen LogP contribution in [0.4, 0.5) is 0 Å². The Morgan fingerprint density at radius 3 is 1.69 bits per heavy atom. The van der Waals surface area contributed by atoms with Gasteiger partial charge in [0.1, 0.15) is 47.0 Å². The van der Waals surface area contributed by atoms with E-state index in [1.807, 2.05) is 0 Å². The molecule has 7 aromatic carbocycles. The molecule has 3 aliphatic heterocycles. The zero-order valence-electron chi connectivity index (χ0n) is 29.4. The zero-order valence-corrected chi connectivity index (χ0v) is 30.4. The molecule has 3 aliphatic rings. The number of para-hydroxylation sites is 2. The van der Waals surface area contributed by atoms with Gasteiger partial charge in [0.15, 0.2) is 8.07 Å². The van der Waals surface area contributed by atoms with Crippen LogP contribution in [0.15, 0.2) is 175 Å². The maximum absolute atomic E-state index is 6.51. The van der Waals surface area contributed by atoms with E-state index in [2.05, 4.69) is 188 Å². The highest BCUT2D eigenvalue weighted by molar-refractivity contribution is 7.20. The van der Waals surface area contributed by atoms with E-state index in [-0.39, 0.29) is 0 Å². The van der Waals surface area contributed by atoms with Crippen molar-refractivity contribution in [2.24, 2.45) is 0 Å². The first kappa shape index (κ1) is 27.6. The van der Waals surface area contributed by atoms with Gasteiger partial charge in [0, 0.05) is 38.4 Å². The van der Waals surface area contributed by atoms with Gasteiger partial charge in [-0.25, -0.2) is 0 Å². The number of nitrogens with zero attached hydrogens (tertiary/aromatic N) is 4. The zero-order chi connectivity index (χ0) is 35.4. The van der Waals surface area contributed by atoms with Crippen molar-refractivity contribution < 1.29 is 13.6 Å². The predicted molar refractivity (Wildman–Crippen MR) is 221 cm³/mol. The topological polar surface area (TPSA) is 29.7 Å². The SMILES string of the molecule is c1ccc([Si]2(c3ccccc3)c3ccc4c5ccccc5n5cc[n+]6c5c4c3C63c4c2ccc2c5cc6c(cc5n5cc[n+]3c5c42)oc2ccccc26)cc1. The first-order valence-electron chi connectivity index (χ1n) is 19.1. The number of fused-ring (bicyclic) bond motifs is 9. The molecule has 12 aromatic rings. The Morgan fingerprint density at radius 1 is 0.455 bits per heavy atom. The molecule has 0 saturated heterocycles. The minimum Gasteiger partial charge on any atom is -0.456 e. The molecular weight excluding hydrogens is 689 g/mol. The summed E-state index contributed by atoms with van der Waals surface area (Å²) in [5.41, 5.74) is 8.96. The Balaban J connectivity index is 1.24. The molecule has 5 aromatic heterocycles. The van der Waals surface area contributed by atoms with Crippen LogP contribution in [0.2, 0.25) is 0 Å². The monoisotopic (exact) mass is 716 g/mol. The molecule has 0 aliphatic carbocycles. The van der Waals surface area contributed by atoms with Gasteiger partial charge in [-0.05, 0) is 38.9 Å². The van der Waals surface area contributed by atoms with E-state index in [1.165, 1.54) is 81.0 Å². The quantitative estimate of drug-likeness (QED) is 0.109. The van der Waals surface area contributed by atoms with Crippen LogP contribution < -0.4 is 29.9 Å². The number of pyridine rings is 2. The molecule has 1 unspecified atom stereocenters. The van der Waals surface area contributed by atoms with Gasteiger partial charge in [0.2, 0.25) is 0 Å². The molecule has 55 heavy (non-hydrogen) atoms. The van der Waals surface area contributed by atoms with Crippen molar-refractivity contribution in [3.05, 3.63) is 182 Å². The first-order valence-corrected chi connectivity index (χ1v) is 21.1. The third-order valence-corrected chi connectivity index (χ3v) is 18.5. The third kappa shape index (κ3) is 2.72. The van der Waals surface area contributed by atoms with E-state index in [0.717, 1.165) is 27.5 Å². The molecule has 15 rings (SSSR count). The summed E-state index contributed by atoms with van der Waals surface area (Å²) in [6.07, 6.45) is 9.29. The summed E-state index contributed by atoms with van der Waals surface area (Å²) >= 11 is 0. The van der Waals surface area contributed by atoms with E-state index < -0.39 is 13.7 Å². The maximum Gasteiger partial charge on any atom is 0.308 e. The third-order valence-electron chi connectivity index (χ3n) is 13.6. The first-order chi connectivity index (χ1) is 27.3. The van der Waals surface area contributed by atoms with Crippen molar-refractivity contribution in [1.29, 1.82) is 0 Å². The van der Waals surface area contributed by atoms with Gasteiger partial charge in [-0.1, -0.05) is 121 Å². The summed E-state index contributed by atoms with van der Waals surface area (Å²) in [4.78, 5) is 0. The van der Waals surface area contributed by atoms with Gasteiger partial charge in [-0.2, -0.15) is 17.9 Å². The lowest BCUT2D eigenvalue weighted by atomic mass is 9.87. The minimum atomic E-state index is -2.92. The van der Waals surface area contributed by atoms with Crippen LogP contribution in [-0.2, 0) is 5.66 Å². The Labute approximate surface area is 313 Å². The van der Waals surface area contributed by atoms with Crippen molar-refractivity contribution in [1.82, 2.24) is 8.80 Å². The normalized spacial score (nSPS) is 17.3. The van der Waals surface area contributed by atoms with Crippen LogP contribution in [0.1, 0.15) is 11.1 Å². The standard InChI is InChI=1S/C49H28N4OSi/c1-3-11-29(12-4-1)55(30-13-5-2-6-14-30)41-21-19-33-31-15-7-9-17-37(31)50-23-25-52-47(50)43(33)45(41)49(52)46-42(55)22-20-34-35-27-36-32-16-8-10-18-39(32)54-40(36)28-38(35)51-24-26-53(49)48(51)44(34)46/h1-28H/q+2. The van der Waals surface area contributed by atoms with Gasteiger partial charge < -0.3 is 4.42 Å². The molecular formula is C49H28N4OSi+2. The molecule has 0 radical (unpaired) electrons. The van der Waals surface area contributed by atoms with Crippen LogP contribution in [0.5, 0.6) is 0 Å². The van der Waals surface area contributed by atoms with E-state index in [1.54, 1.807) is 0 Å². The maximum atomic E-state index is 6.51. The van der Waals surface area contributed by atoms with Crippen molar-refractivity contribution in [2.75, 3.05) is 0 Å². The number of furan rings is 1. The molecule has 1 atom stereocenters. The molecule has 252 valence electrons. The summed E-state index contributed by atoms with van der Waals surface area (Å²) in [6, 6.07) is 54.9. The second-order valence-corrected chi connectivity index (χ2v) is 19.4. The van der Waals surface area contributed by atoms with Crippen LogP contribution in [0, 0.1) is 0 Å². The minimum absolute atomic E-state index is 0.613. The highest BCUT2D eigenvalue weighted by atomic mass is 28.3. The Bertz CT molecular complexity index is 3740. The highest BCUT2D eigenvalue weighted by Gasteiger charge is 2.68. The lowest BCUT2D eigenvalue weighted by molar-refractivity contribution is -0.944. The second-order valence-electron chi connectivity index (χ2n) is 15.7. The molecule has 0 bridgehead atoms. The smallest absolute Gasteiger partial charge is 0.308 e. The van der Waals surface area contributed by atoms with Gasteiger partial charge >= 0.3 is 5.66 Å². The fourth-order valence-corrected chi connectivity index (χ4v) is 17.0. The van der Waals surface area contributed by atoms with Crippen molar-refractivity contribution in [3.63, 3.8) is 0 Å². The number of rotatable bonds is 2. The van der Waals surface area contributed by atoms with Crippen LogP contribution in [0.3, 0.4) is 0 Å². The Kier molecular flexibility index (Phi) is 4.43. The van der Waals surface area contributed by atoms with E-state index in [0.29, 0.717) is 0 Å². The second kappa shape index (κ2) is 8.84. The van der Waals surface area contributed by atoms with Crippen LogP contribution in [0.25, 0.3) is 76.6 Å². The Morgan fingerprint density at radius 2 is 1.02 bits per heavy atom. The van der Waals surface area contributed by atoms with Gasteiger partial charge in [0.25, 0.3) is 11.3 Å².